The van der Waals surface area contributed by atoms with Gasteiger partial charge in [0.05, 0.1) is 35.4 Å². The van der Waals surface area contributed by atoms with E-state index in [1.165, 1.54) is 12.1 Å². The molecule has 1 heterocycles. The molecule has 2 N–H and O–H groups in total. The van der Waals surface area contributed by atoms with Gasteiger partial charge in [-0.25, -0.2) is 0 Å². The summed E-state index contributed by atoms with van der Waals surface area (Å²) < 4.78 is 40.6. The molecule has 0 aliphatic carbocycles. The molecule has 1 atom stereocenters. The normalized spacial score (nSPS) is 12.7. The second kappa shape index (κ2) is 8.62. The lowest BCUT2D eigenvalue weighted by molar-refractivity contribution is -0.137. The van der Waals surface area contributed by atoms with E-state index in [-0.39, 0.29) is 24.6 Å². The maximum atomic E-state index is 12.9. The van der Waals surface area contributed by atoms with Gasteiger partial charge in [0, 0.05) is 17.0 Å². The minimum Gasteiger partial charge on any atom is -0.394 e. The van der Waals surface area contributed by atoms with Crippen molar-refractivity contribution in [2.45, 2.75) is 32.5 Å². The molecule has 2 aromatic carbocycles. The molecule has 3 rings (SSSR count). The van der Waals surface area contributed by atoms with Crippen LogP contribution in [0.3, 0.4) is 0 Å². The van der Waals surface area contributed by atoms with E-state index in [9.17, 15) is 23.1 Å². The largest absolute Gasteiger partial charge is 0.416 e. The fourth-order valence-corrected chi connectivity index (χ4v) is 3.84. The van der Waals surface area contributed by atoms with Crippen LogP contribution in [0.1, 0.15) is 29.7 Å². The van der Waals surface area contributed by atoms with E-state index in [1.807, 2.05) is 42.8 Å². The number of fused-ring (bicyclic) bond motifs is 1. The highest BCUT2D eigenvalue weighted by atomic mass is 31.0. The van der Waals surface area contributed by atoms with Crippen molar-refractivity contribution in [2.24, 2.45) is 0 Å². The summed E-state index contributed by atoms with van der Waals surface area (Å²) in [6.07, 6.45) is -2.81. The highest BCUT2D eigenvalue weighted by Crippen LogP contribution is 2.31. The zero-order valence-corrected chi connectivity index (χ0v) is 17.5. The molecule has 4 nitrogen and oxygen atoms in total. The third-order valence-electron chi connectivity index (χ3n) is 4.99. The number of carbonyl (C=O) groups is 1. The Bertz CT molecular complexity index is 1160. The summed E-state index contributed by atoms with van der Waals surface area (Å²) in [5, 5.41) is 14.7. The zero-order valence-electron chi connectivity index (χ0n) is 16.5. The number of pyridine rings is 1. The number of aromatic nitrogens is 1. The van der Waals surface area contributed by atoms with Crippen LogP contribution in [-0.4, -0.2) is 22.2 Å². The summed E-state index contributed by atoms with van der Waals surface area (Å²) in [7, 11) is 3.62. The fourth-order valence-electron chi connectivity index (χ4n) is 3.32. The molecule has 30 heavy (non-hydrogen) atoms. The predicted molar refractivity (Wildman–Crippen MR) is 114 cm³/mol. The number of aliphatic hydroxyl groups excluding tert-OH is 1. The summed E-state index contributed by atoms with van der Waals surface area (Å²) in [4.78, 5) is 12.6. The Morgan fingerprint density at radius 3 is 2.60 bits per heavy atom. The number of aliphatic hydroxyl groups is 1. The number of anilines is 1. The zero-order chi connectivity index (χ0) is 22.1. The monoisotopic (exact) mass is 434 g/mol. The van der Waals surface area contributed by atoms with E-state index in [0.29, 0.717) is 5.69 Å². The first-order chi connectivity index (χ1) is 14.1. The lowest BCUT2D eigenvalue weighted by Crippen LogP contribution is -2.16. The van der Waals surface area contributed by atoms with Crippen molar-refractivity contribution in [3.63, 3.8) is 0 Å². The van der Waals surface area contributed by atoms with E-state index < -0.39 is 17.6 Å². The second-order valence-electron chi connectivity index (χ2n) is 7.24. The molecule has 1 amide bonds. The van der Waals surface area contributed by atoms with Crippen molar-refractivity contribution >= 4 is 31.2 Å². The van der Waals surface area contributed by atoms with Crippen LogP contribution < -0.4 is 5.32 Å². The molecule has 0 spiro atoms. The van der Waals surface area contributed by atoms with Crippen LogP contribution >= 0.6 is 8.86 Å². The third kappa shape index (κ3) is 4.58. The third-order valence-corrected chi connectivity index (χ3v) is 5.52. The predicted octanol–water partition coefficient (Wildman–Crippen LogP) is 5.38. The van der Waals surface area contributed by atoms with Crippen molar-refractivity contribution in [3.8, 4) is 0 Å². The van der Waals surface area contributed by atoms with E-state index >= 15 is 0 Å². The number of hydrogen-bond donors (Lipinski definition) is 2. The molecule has 158 valence electrons. The van der Waals surface area contributed by atoms with Gasteiger partial charge in [0.2, 0.25) is 5.91 Å². The summed E-state index contributed by atoms with van der Waals surface area (Å²) in [5.41, 5.74) is 0.947. The number of rotatable bonds is 5. The number of hydrogen-bond acceptors (Lipinski definition) is 2. The molecular formula is C22H22F3N2O2P. The first-order valence-corrected chi connectivity index (χ1v) is 9.87. The SMILES string of the molecule is Cc1ccc2c(=P)n([C@H](C)CO)ccc2c1NC(=O)Cc1cccc(C(F)(F)F)c1. The minimum absolute atomic E-state index is 0.0277. The number of benzene rings is 2. The van der Waals surface area contributed by atoms with Crippen LogP contribution in [0.4, 0.5) is 18.9 Å². The topological polar surface area (TPSA) is 54.3 Å². The molecule has 0 aliphatic heterocycles. The van der Waals surface area contributed by atoms with Gasteiger partial charge in [0.15, 0.2) is 0 Å². The number of alkyl halides is 3. The van der Waals surface area contributed by atoms with E-state index in [0.717, 1.165) is 33.5 Å². The van der Waals surface area contributed by atoms with Gasteiger partial charge in [-0.1, -0.05) is 39.2 Å². The van der Waals surface area contributed by atoms with Gasteiger partial charge >= 0.3 is 6.18 Å². The van der Waals surface area contributed by atoms with Crippen LogP contribution in [0.25, 0.3) is 10.8 Å². The average Bonchev–Trinajstić information content (AvgIpc) is 2.69. The standard InChI is InChI=1S/C22H22F3N2O2P/c1-13-6-7-18-17(8-9-27(21(18)30)14(2)12-28)20(13)26-19(29)11-15-4-3-5-16(10-15)22(23,24)25/h3-10,14,28,30H,11-12H2,1-2H3,(H,26,29)/t14-/m1/s1. The van der Waals surface area contributed by atoms with E-state index in [1.54, 1.807) is 0 Å². The Morgan fingerprint density at radius 1 is 1.20 bits per heavy atom. The number of nitrogens with one attached hydrogen (secondary N) is 1. The Labute approximate surface area is 174 Å². The molecule has 0 bridgehead atoms. The molecule has 0 fully saturated rings. The van der Waals surface area contributed by atoms with Crippen LogP contribution in [0.5, 0.6) is 0 Å². The number of halogens is 3. The molecule has 0 aliphatic rings. The molecule has 0 saturated carbocycles. The second-order valence-corrected chi connectivity index (χ2v) is 7.72. The van der Waals surface area contributed by atoms with E-state index in [2.05, 4.69) is 14.2 Å². The Kier molecular flexibility index (Phi) is 6.34. The number of aryl methyl sites for hydroxylation is 1. The van der Waals surface area contributed by atoms with Crippen LogP contribution in [-0.2, 0) is 17.4 Å². The van der Waals surface area contributed by atoms with Crippen LogP contribution in [0, 0.1) is 12.0 Å². The quantitative estimate of drug-likeness (QED) is 0.530. The lowest BCUT2D eigenvalue weighted by atomic mass is 10.0. The van der Waals surface area contributed by atoms with Gasteiger partial charge in [0.25, 0.3) is 0 Å². The molecular weight excluding hydrogens is 412 g/mol. The number of nitrogens with zero attached hydrogens (tertiary/aromatic N) is 1. The number of amides is 1. The van der Waals surface area contributed by atoms with Gasteiger partial charge in [-0.15, -0.1) is 0 Å². The van der Waals surface area contributed by atoms with Gasteiger partial charge < -0.3 is 15.0 Å². The first-order valence-electron chi connectivity index (χ1n) is 9.37. The Hall–Kier alpha value is -2.63. The van der Waals surface area contributed by atoms with Crippen molar-refractivity contribution in [1.82, 2.24) is 4.57 Å². The minimum atomic E-state index is -4.45. The van der Waals surface area contributed by atoms with Crippen molar-refractivity contribution in [1.29, 1.82) is 0 Å². The van der Waals surface area contributed by atoms with Crippen LogP contribution in [0.2, 0.25) is 0 Å². The molecule has 0 saturated heterocycles. The molecule has 3 aromatic rings. The molecule has 0 radical (unpaired) electrons. The molecule has 1 aromatic heterocycles. The molecule has 0 unspecified atom stereocenters. The van der Waals surface area contributed by atoms with Crippen molar-refractivity contribution in [3.05, 3.63) is 70.4 Å². The van der Waals surface area contributed by atoms with Gasteiger partial charge in [0.1, 0.15) is 0 Å². The van der Waals surface area contributed by atoms with Crippen LogP contribution in [0.15, 0.2) is 48.7 Å². The lowest BCUT2D eigenvalue weighted by Gasteiger charge is -2.18. The summed E-state index contributed by atoms with van der Waals surface area (Å²) in [6, 6.07) is 10.3. The summed E-state index contributed by atoms with van der Waals surface area (Å²) in [5.74, 6) is -0.402. The molecule has 8 heteroatoms. The van der Waals surface area contributed by atoms with Gasteiger partial charge in [-0.3, -0.25) is 4.79 Å². The first kappa shape index (κ1) is 22.1. The number of carbonyl (C=O) groups excluding carboxylic acids is 1. The van der Waals surface area contributed by atoms with Crippen molar-refractivity contribution < 1.29 is 23.1 Å². The van der Waals surface area contributed by atoms with Crippen molar-refractivity contribution in [2.75, 3.05) is 11.9 Å². The fraction of sp³-hybridized carbons (Fsp3) is 0.273. The maximum Gasteiger partial charge on any atom is 0.416 e. The highest BCUT2D eigenvalue weighted by molar-refractivity contribution is 7.07. The average molecular weight is 434 g/mol. The summed E-state index contributed by atoms with van der Waals surface area (Å²) in [6.45, 7) is 3.70. The highest BCUT2D eigenvalue weighted by Gasteiger charge is 2.30. The summed E-state index contributed by atoms with van der Waals surface area (Å²) >= 11 is 0. The maximum absolute atomic E-state index is 12.9. The van der Waals surface area contributed by atoms with Gasteiger partial charge in [-0.05, 0) is 37.1 Å². The smallest absolute Gasteiger partial charge is 0.394 e. The van der Waals surface area contributed by atoms with E-state index in [4.69, 9.17) is 0 Å². The Balaban J connectivity index is 1.92. The Morgan fingerprint density at radius 2 is 1.93 bits per heavy atom. The van der Waals surface area contributed by atoms with Gasteiger partial charge in [-0.2, -0.15) is 13.2 Å².